The molecule has 0 saturated heterocycles. The van der Waals surface area contributed by atoms with Crippen LogP contribution in [0.5, 0.6) is 5.75 Å². The highest BCUT2D eigenvalue weighted by molar-refractivity contribution is 7.99. The predicted octanol–water partition coefficient (Wildman–Crippen LogP) is 2.58. The van der Waals surface area contributed by atoms with Gasteiger partial charge in [-0.15, -0.1) is 0 Å². The summed E-state index contributed by atoms with van der Waals surface area (Å²) in [5.74, 6) is 0.164. The van der Waals surface area contributed by atoms with E-state index in [4.69, 9.17) is 4.74 Å². The third kappa shape index (κ3) is 3.97. The lowest BCUT2D eigenvalue weighted by atomic mass is 10.0. The zero-order valence-corrected chi connectivity index (χ0v) is 13.7. The summed E-state index contributed by atoms with van der Waals surface area (Å²) in [5.41, 5.74) is 0.657. The maximum absolute atomic E-state index is 13.5. The smallest absolute Gasteiger partial charge is 0.251 e. The number of pyridine rings is 1. The lowest BCUT2D eigenvalue weighted by molar-refractivity contribution is -0.645. The first-order chi connectivity index (χ1) is 11.6. The van der Waals surface area contributed by atoms with Gasteiger partial charge in [-0.3, -0.25) is 4.79 Å². The fraction of sp³-hybridized carbons (Fsp3) is 0.294. The Hall–Kier alpha value is -2.28. The van der Waals surface area contributed by atoms with Crippen LogP contribution in [0.15, 0.2) is 47.6 Å². The molecule has 7 heteroatoms. The number of carbonyl (C=O) groups excluding carboxylic acids is 1. The molecule has 0 radical (unpaired) electrons. The molecule has 0 bridgehead atoms. The second-order valence-corrected chi connectivity index (χ2v) is 6.44. The molecule has 1 aliphatic rings. The molecule has 5 nitrogen and oxygen atoms in total. The lowest BCUT2D eigenvalue weighted by Gasteiger charge is -2.18. The molecule has 2 aromatic rings. The maximum Gasteiger partial charge on any atom is 0.251 e. The van der Waals surface area contributed by atoms with Crippen LogP contribution in [0.2, 0.25) is 0 Å². The number of aromatic nitrogens is 1. The highest BCUT2D eigenvalue weighted by atomic mass is 32.2. The number of halogens is 1. The van der Waals surface area contributed by atoms with Crippen LogP contribution < -0.4 is 14.8 Å². The molecule has 2 heterocycles. The Morgan fingerprint density at radius 1 is 1.42 bits per heavy atom. The van der Waals surface area contributed by atoms with Gasteiger partial charge in [-0.05, 0) is 48.9 Å². The van der Waals surface area contributed by atoms with Gasteiger partial charge in [0.05, 0.1) is 18.4 Å². The van der Waals surface area contributed by atoms with Gasteiger partial charge in [-0.25, -0.2) is 4.39 Å². The van der Waals surface area contributed by atoms with Gasteiger partial charge in [0.2, 0.25) is 5.91 Å². The number of nitrogens with zero attached hydrogens (tertiary/aromatic N) is 1. The first-order valence-corrected chi connectivity index (χ1v) is 8.64. The van der Waals surface area contributed by atoms with E-state index in [9.17, 15) is 14.4 Å². The Bertz CT molecular complexity index is 742. The van der Waals surface area contributed by atoms with Crippen LogP contribution in [0.3, 0.4) is 0 Å². The fourth-order valence-electron chi connectivity index (χ4n) is 2.60. The third-order valence-corrected chi connectivity index (χ3v) is 4.74. The van der Waals surface area contributed by atoms with Crippen molar-refractivity contribution in [2.45, 2.75) is 23.9 Å². The van der Waals surface area contributed by atoms with E-state index in [1.165, 1.54) is 30.1 Å². The summed E-state index contributed by atoms with van der Waals surface area (Å²) >= 11 is 1.17. The number of thioether (sulfide) groups is 1. The van der Waals surface area contributed by atoms with Gasteiger partial charge in [-0.1, -0.05) is 0 Å². The summed E-state index contributed by atoms with van der Waals surface area (Å²) in [5, 5.41) is 14.9. The van der Waals surface area contributed by atoms with Gasteiger partial charge in [0.1, 0.15) is 11.6 Å². The first kappa shape index (κ1) is 16.6. The number of fused-ring (bicyclic) bond motifs is 1. The molecule has 1 aliphatic heterocycles. The van der Waals surface area contributed by atoms with Gasteiger partial charge in [0.25, 0.3) is 5.03 Å². The first-order valence-electron chi connectivity index (χ1n) is 7.66. The Morgan fingerprint density at radius 2 is 2.29 bits per heavy atom. The maximum atomic E-state index is 13.5. The molecule has 1 unspecified atom stereocenters. The fourth-order valence-corrected chi connectivity index (χ4v) is 3.32. The minimum Gasteiger partial charge on any atom is -0.618 e. The van der Waals surface area contributed by atoms with Crippen molar-refractivity contribution < 1.29 is 18.7 Å². The van der Waals surface area contributed by atoms with Gasteiger partial charge in [0.15, 0.2) is 6.20 Å². The number of rotatable bonds is 4. The summed E-state index contributed by atoms with van der Waals surface area (Å²) in [6, 6.07) is 9.10. The zero-order valence-electron chi connectivity index (χ0n) is 12.9. The van der Waals surface area contributed by atoms with Crippen LogP contribution >= 0.6 is 11.8 Å². The Balaban J connectivity index is 1.66. The lowest BCUT2D eigenvalue weighted by Crippen LogP contribution is -2.32. The Kier molecular flexibility index (Phi) is 5.20. The molecule has 1 N–H and O–H groups in total. The van der Waals surface area contributed by atoms with Crippen LogP contribution in [0.4, 0.5) is 4.39 Å². The molecule has 1 amide bonds. The molecule has 24 heavy (non-hydrogen) atoms. The van der Waals surface area contributed by atoms with Gasteiger partial charge in [0, 0.05) is 17.7 Å². The van der Waals surface area contributed by atoms with Crippen molar-refractivity contribution in [3.63, 3.8) is 0 Å². The van der Waals surface area contributed by atoms with E-state index in [-0.39, 0.29) is 23.5 Å². The van der Waals surface area contributed by atoms with Crippen molar-refractivity contribution in [1.82, 2.24) is 5.32 Å². The van der Waals surface area contributed by atoms with Crippen molar-refractivity contribution in [3.05, 3.63) is 59.2 Å². The standard InChI is InChI=1S/C17H17FN2O3S/c18-12-6-7-15-13(10-12)14(4-3-9-23-15)19-16(21)11-24-17-5-1-2-8-20(17)22/h1-2,5-8,10,14H,3-4,9,11H2,(H,19,21). The van der Waals surface area contributed by atoms with E-state index in [1.807, 2.05) is 0 Å². The van der Waals surface area contributed by atoms with Gasteiger partial charge >= 0.3 is 0 Å². The van der Waals surface area contributed by atoms with Gasteiger partial charge < -0.3 is 15.3 Å². The molecule has 1 aromatic heterocycles. The van der Waals surface area contributed by atoms with Crippen LogP contribution in [0.1, 0.15) is 24.4 Å². The molecule has 0 aliphatic carbocycles. The van der Waals surface area contributed by atoms with Crippen molar-refractivity contribution in [1.29, 1.82) is 0 Å². The molecule has 126 valence electrons. The highest BCUT2D eigenvalue weighted by Crippen LogP contribution is 2.32. The van der Waals surface area contributed by atoms with Crippen molar-refractivity contribution >= 4 is 17.7 Å². The average molecular weight is 348 g/mol. The summed E-state index contributed by atoms with van der Waals surface area (Å²) in [6.45, 7) is 0.542. The molecular weight excluding hydrogens is 331 g/mol. The molecule has 0 spiro atoms. The van der Waals surface area contributed by atoms with E-state index in [0.717, 1.165) is 11.2 Å². The number of benzene rings is 1. The number of amides is 1. The minimum absolute atomic E-state index is 0.119. The number of hydrogen-bond acceptors (Lipinski definition) is 4. The molecule has 1 atom stereocenters. The second-order valence-electron chi connectivity index (χ2n) is 5.45. The van der Waals surface area contributed by atoms with Crippen molar-refractivity contribution in [2.75, 3.05) is 12.4 Å². The van der Waals surface area contributed by atoms with Crippen molar-refractivity contribution in [3.8, 4) is 5.75 Å². The minimum atomic E-state index is -0.357. The monoisotopic (exact) mass is 348 g/mol. The summed E-state index contributed by atoms with van der Waals surface area (Å²) < 4.78 is 19.9. The highest BCUT2D eigenvalue weighted by Gasteiger charge is 2.22. The van der Waals surface area contributed by atoms with Crippen LogP contribution in [-0.4, -0.2) is 18.3 Å². The SMILES string of the molecule is O=C(CSc1cccc[n+]1[O-])NC1CCCOc2ccc(F)cc21. The Labute approximate surface area is 143 Å². The largest absolute Gasteiger partial charge is 0.618 e. The van der Waals surface area contributed by atoms with Crippen LogP contribution in [-0.2, 0) is 4.79 Å². The molecular formula is C17H17FN2O3S. The number of carbonyl (C=O) groups is 1. The Morgan fingerprint density at radius 3 is 3.12 bits per heavy atom. The van der Waals surface area contributed by atoms with E-state index in [2.05, 4.69) is 5.32 Å². The quantitative estimate of drug-likeness (QED) is 0.524. The van der Waals surface area contributed by atoms with E-state index in [1.54, 1.807) is 24.3 Å². The predicted molar refractivity (Wildman–Crippen MR) is 88.1 cm³/mol. The number of ether oxygens (including phenoxy) is 1. The summed E-state index contributed by atoms with van der Waals surface area (Å²) in [7, 11) is 0. The molecule has 0 fully saturated rings. The number of nitrogens with one attached hydrogen (secondary N) is 1. The molecule has 1 aromatic carbocycles. The van der Waals surface area contributed by atoms with Crippen molar-refractivity contribution in [2.24, 2.45) is 0 Å². The van der Waals surface area contributed by atoms with Crippen LogP contribution in [0, 0.1) is 11.0 Å². The zero-order chi connectivity index (χ0) is 16.9. The topological polar surface area (TPSA) is 65.3 Å². The third-order valence-electron chi connectivity index (χ3n) is 3.72. The van der Waals surface area contributed by atoms with Crippen LogP contribution in [0.25, 0.3) is 0 Å². The molecule has 3 rings (SSSR count). The number of hydrogen-bond donors (Lipinski definition) is 1. The summed E-state index contributed by atoms with van der Waals surface area (Å²) in [6.07, 6.45) is 2.84. The van der Waals surface area contributed by atoms with E-state index in [0.29, 0.717) is 29.4 Å². The normalized spacial score (nSPS) is 16.6. The molecule has 0 saturated carbocycles. The average Bonchev–Trinajstić information content (AvgIpc) is 2.76. The second kappa shape index (κ2) is 7.53. The summed E-state index contributed by atoms with van der Waals surface area (Å²) in [4.78, 5) is 12.2. The van der Waals surface area contributed by atoms with Gasteiger partial charge in [-0.2, -0.15) is 4.73 Å². The van der Waals surface area contributed by atoms with E-state index >= 15 is 0 Å². The van der Waals surface area contributed by atoms with E-state index < -0.39 is 0 Å².